The van der Waals surface area contributed by atoms with E-state index in [4.69, 9.17) is 15.0 Å². The highest BCUT2D eigenvalue weighted by molar-refractivity contribution is 6.17. The normalized spacial score (nSPS) is 11.6. The van der Waals surface area contributed by atoms with Gasteiger partial charge in [-0.2, -0.15) is 0 Å². The molecular weight excluding hydrogens is 741 g/mol. The molecule has 2 aromatic heterocycles. The molecule has 0 saturated carbocycles. The molecule has 4 nitrogen and oxygen atoms in total. The molecule has 61 heavy (non-hydrogen) atoms. The molecule has 0 saturated heterocycles. The molecule has 0 aliphatic rings. The summed E-state index contributed by atoms with van der Waals surface area (Å²) in [4.78, 5) is 15.5. The fourth-order valence-corrected chi connectivity index (χ4v) is 8.90. The second-order valence-electron chi connectivity index (χ2n) is 15.7. The molecule has 0 amide bonds. The summed E-state index contributed by atoms with van der Waals surface area (Å²) in [5, 5.41) is 9.61. The predicted molar refractivity (Wildman–Crippen MR) is 254 cm³/mol. The maximum absolute atomic E-state index is 5.23. The van der Waals surface area contributed by atoms with Crippen LogP contribution in [0, 0.1) is 0 Å². The molecule has 0 spiro atoms. The van der Waals surface area contributed by atoms with Crippen LogP contribution in [-0.4, -0.2) is 19.5 Å². The molecule has 284 valence electrons. The van der Waals surface area contributed by atoms with Crippen molar-refractivity contribution in [3.05, 3.63) is 218 Å². The molecule has 2 heterocycles. The minimum Gasteiger partial charge on any atom is -0.309 e. The summed E-state index contributed by atoms with van der Waals surface area (Å²) in [7, 11) is 0. The van der Waals surface area contributed by atoms with E-state index in [1.807, 2.05) is 18.2 Å². The molecule has 10 aromatic carbocycles. The molecule has 0 fully saturated rings. The van der Waals surface area contributed by atoms with Gasteiger partial charge in [-0.1, -0.05) is 170 Å². The lowest BCUT2D eigenvalue weighted by atomic mass is 9.97. The van der Waals surface area contributed by atoms with Crippen molar-refractivity contribution in [2.45, 2.75) is 0 Å². The maximum Gasteiger partial charge on any atom is 0.164 e. The third kappa shape index (κ3) is 6.12. The van der Waals surface area contributed by atoms with Gasteiger partial charge in [-0.15, -0.1) is 0 Å². The highest BCUT2D eigenvalue weighted by Gasteiger charge is 2.20. The summed E-state index contributed by atoms with van der Waals surface area (Å²) >= 11 is 0. The smallest absolute Gasteiger partial charge is 0.164 e. The quantitative estimate of drug-likeness (QED) is 0.169. The van der Waals surface area contributed by atoms with Crippen molar-refractivity contribution in [1.29, 1.82) is 0 Å². The number of fused-ring (bicyclic) bond motifs is 6. The minimum absolute atomic E-state index is 0.616. The Morgan fingerprint density at radius 1 is 0.262 bits per heavy atom. The van der Waals surface area contributed by atoms with E-state index in [2.05, 4.69) is 205 Å². The second kappa shape index (κ2) is 14.3. The highest BCUT2D eigenvalue weighted by Crippen LogP contribution is 2.41. The van der Waals surface area contributed by atoms with E-state index in [-0.39, 0.29) is 0 Å². The molecule has 0 aliphatic carbocycles. The fourth-order valence-electron chi connectivity index (χ4n) is 8.90. The summed E-state index contributed by atoms with van der Waals surface area (Å²) in [6.07, 6.45) is 0. The van der Waals surface area contributed by atoms with Crippen molar-refractivity contribution in [3.63, 3.8) is 0 Å². The van der Waals surface area contributed by atoms with Crippen LogP contribution in [0.4, 0.5) is 0 Å². The summed E-state index contributed by atoms with van der Waals surface area (Å²) in [5.41, 5.74) is 10.7. The van der Waals surface area contributed by atoms with Gasteiger partial charge in [-0.3, -0.25) is 0 Å². The van der Waals surface area contributed by atoms with Gasteiger partial charge in [-0.25, -0.2) is 15.0 Å². The maximum atomic E-state index is 5.23. The van der Waals surface area contributed by atoms with Crippen LogP contribution in [-0.2, 0) is 0 Å². The first-order chi connectivity index (χ1) is 30.2. The Morgan fingerprint density at radius 3 is 1.23 bits per heavy atom. The van der Waals surface area contributed by atoms with Crippen molar-refractivity contribution in [2.24, 2.45) is 0 Å². The summed E-state index contributed by atoms with van der Waals surface area (Å²) < 4.78 is 2.46. The van der Waals surface area contributed by atoms with Gasteiger partial charge >= 0.3 is 0 Å². The summed E-state index contributed by atoms with van der Waals surface area (Å²) in [5.74, 6) is 1.88. The average Bonchev–Trinajstić information content (AvgIpc) is 3.63. The Kier molecular flexibility index (Phi) is 8.13. The van der Waals surface area contributed by atoms with Crippen LogP contribution in [0.15, 0.2) is 218 Å². The Morgan fingerprint density at radius 2 is 0.656 bits per heavy atom. The largest absolute Gasteiger partial charge is 0.309 e. The Balaban J connectivity index is 1.12. The van der Waals surface area contributed by atoms with Gasteiger partial charge in [0.25, 0.3) is 0 Å². The topological polar surface area (TPSA) is 43.6 Å². The van der Waals surface area contributed by atoms with Gasteiger partial charge < -0.3 is 4.57 Å². The van der Waals surface area contributed by atoms with Gasteiger partial charge in [0, 0.05) is 33.0 Å². The van der Waals surface area contributed by atoms with Crippen molar-refractivity contribution < 1.29 is 0 Å². The molecule has 0 radical (unpaired) electrons. The predicted octanol–water partition coefficient (Wildman–Crippen LogP) is 14.8. The van der Waals surface area contributed by atoms with Gasteiger partial charge in [0.15, 0.2) is 17.5 Å². The lowest BCUT2D eigenvalue weighted by molar-refractivity contribution is 1.07. The standard InChI is InChI=1S/C57H36N4/c1-3-13-37(14-4-1)39-23-26-40(27-24-39)49-34-48(57-59-55(41-16-5-2-6-17-41)58-56(60-57)47-28-25-38-15-7-8-18-42(38)31-47)29-30-52(49)61-53-35-45-21-11-9-19-43(45)32-50(53)51-33-44-20-10-12-22-46(44)36-54(51)61/h1-36H. The molecule has 12 rings (SSSR count). The number of nitrogens with zero attached hydrogens (tertiary/aromatic N) is 4. The summed E-state index contributed by atoms with van der Waals surface area (Å²) in [6, 6.07) is 77.9. The third-order valence-electron chi connectivity index (χ3n) is 12.0. The van der Waals surface area contributed by atoms with E-state index in [1.165, 1.54) is 48.8 Å². The highest BCUT2D eigenvalue weighted by atomic mass is 15.0. The third-order valence-corrected chi connectivity index (χ3v) is 12.0. The van der Waals surface area contributed by atoms with Crippen molar-refractivity contribution in [2.75, 3.05) is 0 Å². The van der Waals surface area contributed by atoms with E-state index in [0.717, 1.165) is 49.9 Å². The lowest BCUT2D eigenvalue weighted by Gasteiger charge is -2.17. The number of hydrogen-bond acceptors (Lipinski definition) is 3. The molecule has 0 bridgehead atoms. The number of hydrogen-bond donors (Lipinski definition) is 0. The molecule has 12 aromatic rings. The van der Waals surface area contributed by atoms with E-state index in [9.17, 15) is 0 Å². The Bertz CT molecular complexity index is 3530. The molecule has 0 N–H and O–H groups in total. The van der Waals surface area contributed by atoms with Gasteiger partial charge in [0.1, 0.15) is 0 Å². The number of aromatic nitrogens is 4. The lowest BCUT2D eigenvalue weighted by Crippen LogP contribution is -2.02. The van der Waals surface area contributed by atoms with Crippen LogP contribution < -0.4 is 0 Å². The number of rotatable bonds is 6. The monoisotopic (exact) mass is 776 g/mol. The second-order valence-corrected chi connectivity index (χ2v) is 15.7. The van der Waals surface area contributed by atoms with Gasteiger partial charge in [0.2, 0.25) is 0 Å². The van der Waals surface area contributed by atoms with Gasteiger partial charge in [0.05, 0.1) is 16.7 Å². The Hall–Kier alpha value is -8.21. The van der Waals surface area contributed by atoms with E-state index in [0.29, 0.717) is 17.5 Å². The zero-order chi connectivity index (χ0) is 40.3. The van der Waals surface area contributed by atoms with E-state index >= 15 is 0 Å². The zero-order valence-electron chi connectivity index (χ0n) is 33.1. The van der Waals surface area contributed by atoms with E-state index < -0.39 is 0 Å². The average molecular weight is 777 g/mol. The van der Waals surface area contributed by atoms with E-state index in [1.54, 1.807) is 0 Å². The summed E-state index contributed by atoms with van der Waals surface area (Å²) in [6.45, 7) is 0. The van der Waals surface area contributed by atoms with Crippen molar-refractivity contribution in [3.8, 4) is 62.1 Å². The minimum atomic E-state index is 0.616. The van der Waals surface area contributed by atoms with Crippen LogP contribution in [0.5, 0.6) is 0 Å². The van der Waals surface area contributed by atoms with Crippen LogP contribution in [0.2, 0.25) is 0 Å². The first-order valence-electron chi connectivity index (χ1n) is 20.7. The molecule has 0 aliphatic heterocycles. The molecule has 0 atom stereocenters. The zero-order valence-corrected chi connectivity index (χ0v) is 33.1. The van der Waals surface area contributed by atoms with Crippen molar-refractivity contribution in [1.82, 2.24) is 19.5 Å². The molecule has 4 heteroatoms. The first-order valence-corrected chi connectivity index (χ1v) is 20.7. The van der Waals surface area contributed by atoms with Crippen LogP contribution in [0.3, 0.4) is 0 Å². The molecule has 0 unspecified atom stereocenters. The SMILES string of the molecule is c1ccc(-c2ccc(-c3cc(-c4nc(-c5ccccc5)nc(-c5ccc6ccccc6c5)n4)ccc3-n3c4cc5ccccc5cc4c4cc5ccccc5cc43)cc2)cc1. The van der Waals surface area contributed by atoms with Crippen molar-refractivity contribution >= 4 is 54.1 Å². The van der Waals surface area contributed by atoms with Crippen LogP contribution >= 0.6 is 0 Å². The first kappa shape index (κ1) is 34.8. The Labute approximate surface area is 352 Å². The van der Waals surface area contributed by atoms with Crippen LogP contribution in [0.25, 0.3) is 116 Å². The van der Waals surface area contributed by atoms with Crippen LogP contribution in [0.1, 0.15) is 0 Å². The number of benzene rings is 10. The van der Waals surface area contributed by atoms with Gasteiger partial charge in [-0.05, 0) is 97.5 Å². The fraction of sp³-hybridized carbons (Fsp3) is 0. The molecular formula is C57H36N4.